The van der Waals surface area contributed by atoms with Gasteiger partial charge in [0.1, 0.15) is 11.6 Å². The summed E-state index contributed by atoms with van der Waals surface area (Å²) in [6.07, 6.45) is 3.58. The largest absolute Gasteiger partial charge is 0.484 e. The molecule has 1 N–H and O–H groups in total. The molecule has 1 saturated heterocycles. The van der Waals surface area contributed by atoms with Crippen molar-refractivity contribution in [3.8, 4) is 5.75 Å². The van der Waals surface area contributed by atoms with E-state index < -0.39 is 0 Å². The minimum absolute atomic E-state index is 0.0229. The molecule has 0 aliphatic carbocycles. The number of piperidine rings is 1. The molecule has 164 valence electrons. The zero-order chi connectivity index (χ0) is 21.6. The van der Waals surface area contributed by atoms with Gasteiger partial charge in [-0.05, 0) is 68.6 Å². The quantitative estimate of drug-likeness (QED) is 0.574. The van der Waals surface area contributed by atoms with Gasteiger partial charge in [-0.2, -0.15) is 0 Å². The third kappa shape index (κ3) is 5.44. The number of ether oxygens (including phenoxy) is 1. The van der Waals surface area contributed by atoms with E-state index in [2.05, 4.69) is 34.7 Å². The lowest BCUT2D eigenvalue weighted by Gasteiger charge is -2.29. The van der Waals surface area contributed by atoms with Crippen LogP contribution in [-0.4, -0.2) is 40.1 Å². The lowest BCUT2D eigenvalue weighted by Crippen LogP contribution is -2.33. The number of benzene rings is 2. The summed E-state index contributed by atoms with van der Waals surface area (Å²) in [5.41, 5.74) is 2.80. The van der Waals surface area contributed by atoms with Crippen LogP contribution >= 0.6 is 0 Å². The molecule has 1 aliphatic heterocycles. The molecule has 2 heterocycles. The fourth-order valence-corrected chi connectivity index (χ4v) is 4.13. The van der Waals surface area contributed by atoms with Gasteiger partial charge in [0.05, 0.1) is 17.6 Å². The molecule has 0 atom stereocenters. The van der Waals surface area contributed by atoms with Crippen molar-refractivity contribution < 1.29 is 9.53 Å². The highest BCUT2D eigenvalue weighted by atomic mass is 16.5. The number of fused-ring (bicyclic) bond motifs is 1. The summed E-state index contributed by atoms with van der Waals surface area (Å²) >= 11 is 0. The van der Waals surface area contributed by atoms with Crippen LogP contribution in [0.3, 0.4) is 0 Å². The molecule has 1 aliphatic rings. The molecule has 1 amide bonds. The van der Waals surface area contributed by atoms with Gasteiger partial charge in [0.15, 0.2) is 6.61 Å². The van der Waals surface area contributed by atoms with Gasteiger partial charge >= 0.3 is 0 Å². The van der Waals surface area contributed by atoms with E-state index in [1.165, 1.54) is 12.8 Å². The number of likely N-dealkylation sites (tertiary alicyclic amines) is 1. The van der Waals surface area contributed by atoms with Crippen molar-refractivity contribution in [2.24, 2.45) is 5.92 Å². The van der Waals surface area contributed by atoms with Crippen LogP contribution < -0.4 is 10.1 Å². The monoisotopic (exact) mass is 420 g/mol. The number of hydrogen-bond donors (Lipinski definition) is 1. The molecule has 2 aromatic carbocycles. The van der Waals surface area contributed by atoms with Gasteiger partial charge in [-0.25, -0.2) is 4.98 Å². The van der Waals surface area contributed by atoms with Crippen molar-refractivity contribution in [2.75, 3.05) is 25.0 Å². The Balaban J connectivity index is 1.45. The Morgan fingerprint density at radius 2 is 1.94 bits per heavy atom. The molecule has 0 unspecified atom stereocenters. The number of aromatic nitrogens is 2. The van der Waals surface area contributed by atoms with Crippen molar-refractivity contribution in [1.82, 2.24) is 14.5 Å². The van der Waals surface area contributed by atoms with Crippen LogP contribution in [0.1, 0.15) is 38.9 Å². The van der Waals surface area contributed by atoms with Gasteiger partial charge in [0.25, 0.3) is 5.91 Å². The van der Waals surface area contributed by atoms with Crippen molar-refractivity contribution >= 4 is 22.6 Å². The maximum Gasteiger partial charge on any atom is 0.262 e. The normalized spacial score (nSPS) is 15.3. The summed E-state index contributed by atoms with van der Waals surface area (Å²) in [6, 6.07) is 15.3. The SMILES string of the molecule is CCCn1c(CN2CCC(C)CC2)nc2cc(NC(=O)COc3ccccc3)ccc21. The number of amides is 1. The summed E-state index contributed by atoms with van der Waals surface area (Å²) in [4.78, 5) is 19.8. The van der Waals surface area contributed by atoms with E-state index in [9.17, 15) is 4.79 Å². The van der Waals surface area contributed by atoms with Gasteiger partial charge in [0.2, 0.25) is 0 Å². The fraction of sp³-hybridized carbons (Fsp3) is 0.440. The lowest BCUT2D eigenvalue weighted by molar-refractivity contribution is -0.118. The zero-order valence-electron chi connectivity index (χ0n) is 18.5. The molecule has 0 bridgehead atoms. The summed E-state index contributed by atoms with van der Waals surface area (Å²) in [6.45, 7) is 8.62. The first kappa shape index (κ1) is 21.4. The Morgan fingerprint density at radius 1 is 1.16 bits per heavy atom. The number of rotatable bonds is 8. The molecule has 6 nitrogen and oxygen atoms in total. The molecule has 31 heavy (non-hydrogen) atoms. The molecular formula is C25H32N4O2. The topological polar surface area (TPSA) is 59.4 Å². The highest BCUT2D eigenvalue weighted by molar-refractivity contribution is 5.94. The Bertz CT molecular complexity index is 1010. The average molecular weight is 421 g/mol. The molecular weight excluding hydrogens is 388 g/mol. The van der Waals surface area contributed by atoms with Crippen LogP contribution in [0.4, 0.5) is 5.69 Å². The minimum Gasteiger partial charge on any atom is -0.484 e. The Hall–Kier alpha value is -2.86. The van der Waals surface area contributed by atoms with E-state index in [4.69, 9.17) is 9.72 Å². The van der Waals surface area contributed by atoms with Gasteiger partial charge in [-0.3, -0.25) is 9.69 Å². The molecule has 4 rings (SSSR count). The number of carbonyl (C=O) groups excluding carboxylic acids is 1. The first-order valence-corrected chi connectivity index (χ1v) is 11.3. The summed E-state index contributed by atoms with van der Waals surface area (Å²) in [7, 11) is 0. The summed E-state index contributed by atoms with van der Waals surface area (Å²) < 4.78 is 7.87. The first-order valence-electron chi connectivity index (χ1n) is 11.3. The number of imidazole rings is 1. The van der Waals surface area contributed by atoms with E-state index in [-0.39, 0.29) is 12.5 Å². The smallest absolute Gasteiger partial charge is 0.262 e. The van der Waals surface area contributed by atoms with E-state index >= 15 is 0 Å². The standard InChI is InChI=1S/C25H32N4O2/c1-3-13-29-23-10-9-20(26-25(30)18-31-21-7-5-4-6-8-21)16-22(23)27-24(29)17-28-14-11-19(2)12-15-28/h4-10,16,19H,3,11-15,17-18H2,1-2H3,(H,26,30). The van der Waals surface area contributed by atoms with E-state index in [0.717, 1.165) is 61.1 Å². The van der Waals surface area contributed by atoms with E-state index in [0.29, 0.717) is 5.75 Å². The van der Waals surface area contributed by atoms with E-state index in [1.54, 1.807) is 0 Å². The van der Waals surface area contributed by atoms with Gasteiger partial charge in [-0.1, -0.05) is 32.0 Å². The first-order chi connectivity index (χ1) is 15.1. The summed E-state index contributed by atoms with van der Waals surface area (Å²) in [5, 5.41) is 2.93. The van der Waals surface area contributed by atoms with Crippen LogP contribution in [0, 0.1) is 5.92 Å². The number of nitrogens with zero attached hydrogens (tertiary/aromatic N) is 3. The third-order valence-corrected chi connectivity index (χ3v) is 5.91. The van der Waals surface area contributed by atoms with Gasteiger partial charge < -0.3 is 14.6 Å². The maximum atomic E-state index is 12.3. The van der Waals surface area contributed by atoms with Crippen molar-refractivity contribution in [3.63, 3.8) is 0 Å². The van der Waals surface area contributed by atoms with Crippen LogP contribution in [0.25, 0.3) is 11.0 Å². The van der Waals surface area contributed by atoms with Crippen molar-refractivity contribution in [1.29, 1.82) is 0 Å². The van der Waals surface area contributed by atoms with E-state index in [1.807, 2.05) is 42.5 Å². The predicted octanol–water partition coefficient (Wildman–Crippen LogP) is 4.70. The molecule has 1 aromatic heterocycles. The van der Waals surface area contributed by atoms with Crippen LogP contribution in [0.5, 0.6) is 5.75 Å². The fourth-order valence-electron chi connectivity index (χ4n) is 4.13. The average Bonchev–Trinajstić information content (AvgIpc) is 3.11. The number of anilines is 1. The molecule has 0 saturated carbocycles. The molecule has 0 radical (unpaired) electrons. The number of carbonyl (C=O) groups is 1. The third-order valence-electron chi connectivity index (χ3n) is 5.91. The number of aryl methyl sites for hydroxylation is 1. The molecule has 1 fully saturated rings. The Kier molecular flexibility index (Phi) is 6.87. The predicted molar refractivity (Wildman–Crippen MR) is 124 cm³/mol. The Morgan fingerprint density at radius 3 is 2.68 bits per heavy atom. The maximum absolute atomic E-state index is 12.3. The van der Waals surface area contributed by atoms with Gasteiger partial charge in [-0.15, -0.1) is 0 Å². The minimum atomic E-state index is -0.182. The van der Waals surface area contributed by atoms with Crippen LogP contribution in [0.15, 0.2) is 48.5 Å². The second kappa shape index (κ2) is 9.96. The Labute approximate surface area is 184 Å². The zero-order valence-corrected chi connectivity index (χ0v) is 18.5. The molecule has 3 aromatic rings. The van der Waals surface area contributed by atoms with Crippen molar-refractivity contribution in [2.45, 2.75) is 46.2 Å². The van der Waals surface area contributed by atoms with Gasteiger partial charge in [0, 0.05) is 12.2 Å². The number of nitrogens with one attached hydrogen (secondary N) is 1. The van der Waals surface area contributed by atoms with Crippen molar-refractivity contribution in [3.05, 3.63) is 54.4 Å². The van der Waals surface area contributed by atoms with Crippen LogP contribution in [0.2, 0.25) is 0 Å². The lowest BCUT2D eigenvalue weighted by atomic mass is 9.99. The second-order valence-corrected chi connectivity index (χ2v) is 8.49. The second-order valence-electron chi connectivity index (χ2n) is 8.49. The molecule has 0 spiro atoms. The highest BCUT2D eigenvalue weighted by Gasteiger charge is 2.19. The molecule has 6 heteroatoms. The van der Waals surface area contributed by atoms with Crippen LogP contribution in [-0.2, 0) is 17.9 Å². The summed E-state index contributed by atoms with van der Waals surface area (Å²) in [5.74, 6) is 2.44. The number of para-hydroxylation sites is 1. The number of hydrogen-bond acceptors (Lipinski definition) is 4. The highest BCUT2D eigenvalue weighted by Crippen LogP contribution is 2.24.